The Labute approximate surface area is 335 Å². The van der Waals surface area contributed by atoms with E-state index in [9.17, 15) is 13.2 Å². The molecule has 5 heterocycles. The summed E-state index contributed by atoms with van der Waals surface area (Å²) >= 11 is 0. The molecule has 1 spiro atoms. The van der Waals surface area contributed by atoms with Crippen LogP contribution in [0.15, 0.2) is 90.1 Å². The standard InChI is InChI=1S/C45H52N6O5S/c1-31-23-38(8-10-41(31)47-26-32-14-21-55-22-15-32)57(53,54)49-44(52)39-9-7-36(25-42(39)56-37-24-34-11-18-46-43(34)48-27-37)51-19-12-33(13-20-51)28-50-29-35-5-2-3-6-40(35)45(30-50)16-4-17-45/h2-3,5-11,18,23-25,27,32-33,47H,4,12-17,19-22,26,28-30H2,1H3,(H,46,48)(H,49,52). The molecule has 57 heavy (non-hydrogen) atoms. The first kappa shape index (κ1) is 37.7. The van der Waals surface area contributed by atoms with E-state index in [0.29, 0.717) is 23.0 Å². The van der Waals surface area contributed by atoms with Gasteiger partial charge in [0.25, 0.3) is 15.9 Å². The average molecular weight is 789 g/mol. The molecule has 0 atom stereocenters. The van der Waals surface area contributed by atoms with E-state index in [1.54, 1.807) is 30.0 Å². The molecule has 3 aromatic carbocycles. The van der Waals surface area contributed by atoms with Crippen LogP contribution in [-0.4, -0.2) is 75.1 Å². The maximum Gasteiger partial charge on any atom is 0.268 e. The first-order chi connectivity index (χ1) is 27.7. The van der Waals surface area contributed by atoms with E-state index in [1.165, 1.54) is 30.9 Å². The predicted molar refractivity (Wildman–Crippen MR) is 223 cm³/mol. The van der Waals surface area contributed by atoms with Crippen molar-refractivity contribution < 1.29 is 22.7 Å². The second-order valence-corrected chi connectivity index (χ2v) is 18.3. The number of anilines is 2. The lowest BCUT2D eigenvalue weighted by molar-refractivity contribution is 0.0699. The van der Waals surface area contributed by atoms with Gasteiger partial charge in [-0.1, -0.05) is 30.7 Å². The number of aryl methyl sites for hydroxylation is 1. The molecular weight excluding hydrogens is 737 g/mol. The number of piperidine rings is 1. The molecule has 1 amide bonds. The summed E-state index contributed by atoms with van der Waals surface area (Å²) < 4.78 is 41.5. The summed E-state index contributed by atoms with van der Waals surface area (Å²) in [6.07, 6.45) is 11.5. The van der Waals surface area contributed by atoms with Gasteiger partial charge in [0.1, 0.15) is 17.1 Å². The third kappa shape index (κ3) is 8.00. The molecule has 0 radical (unpaired) electrons. The second kappa shape index (κ2) is 15.8. The number of pyridine rings is 1. The van der Waals surface area contributed by atoms with Crippen LogP contribution in [0.25, 0.3) is 11.0 Å². The van der Waals surface area contributed by atoms with Crippen LogP contribution in [0.2, 0.25) is 0 Å². The third-order valence-corrected chi connectivity index (χ3v) is 14.1. The molecule has 5 aromatic rings. The number of rotatable bonds is 11. The molecule has 1 saturated carbocycles. The van der Waals surface area contributed by atoms with Gasteiger partial charge in [-0.25, -0.2) is 18.1 Å². The summed E-state index contributed by atoms with van der Waals surface area (Å²) in [4.78, 5) is 26.5. The van der Waals surface area contributed by atoms with Crippen molar-refractivity contribution in [1.82, 2.24) is 19.6 Å². The van der Waals surface area contributed by atoms with E-state index in [4.69, 9.17) is 9.47 Å². The highest BCUT2D eigenvalue weighted by atomic mass is 32.2. The van der Waals surface area contributed by atoms with Crippen LogP contribution in [-0.2, 0) is 26.7 Å². The normalized spacial score (nSPS) is 18.9. The Bertz CT molecular complexity index is 2360. The predicted octanol–water partition coefficient (Wildman–Crippen LogP) is 7.77. The Morgan fingerprint density at radius 3 is 2.60 bits per heavy atom. The molecule has 11 nitrogen and oxygen atoms in total. The van der Waals surface area contributed by atoms with Crippen LogP contribution < -0.4 is 19.7 Å². The zero-order valence-corrected chi connectivity index (χ0v) is 33.5. The lowest BCUT2D eigenvalue weighted by atomic mass is 9.61. The summed E-state index contributed by atoms with van der Waals surface area (Å²) in [5, 5.41) is 4.33. The molecular formula is C45H52N6O5S. The number of carbonyl (C=O) groups is 1. The number of H-pyrrole nitrogens is 1. The Balaban J connectivity index is 0.895. The zero-order valence-electron chi connectivity index (χ0n) is 32.6. The van der Waals surface area contributed by atoms with Gasteiger partial charge < -0.3 is 24.7 Å². The number of nitrogens with zero attached hydrogens (tertiary/aromatic N) is 3. The van der Waals surface area contributed by atoms with E-state index in [-0.39, 0.29) is 16.2 Å². The molecule has 2 saturated heterocycles. The van der Waals surface area contributed by atoms with Crippen molar-refractivity contribution in [3.05, 3.63) is 107 Å². The van der Waals surface area contributed by atoms with Crippen LogP contribution in [0.3, 0.4) is 0 Å². The van der Waals surface area contributed by atoms with Crippen molar-refractivity contribution in [1.29, 1.82) is 0 Å². The lowest BCUT2D eigenvalue weighted by Gasteiger charge is -2.51. The zero-order chi connectivity index (χ0) is 39.0. The summed E-state index contributed by atoms with van der Waals surface area (Å²) in [6, 6.07) is 23.1. The highest BCUT2D eigenvalue weighted by molar-refractivity contribution is 7.90. The van der Waals surface area contributed by atoms with Crippen molar-refractivity contribution in [3.8, 4) is 11.5 Å². The topological polar surface area (TPSA) is 129 Å². The van der Waals surface area contributed by atoms with E-state index in [2.05, 4.69) is 54.1 Å². The molecule has 3 fully saturated rings. The van der Waals surface area contributed by atoms with E-state index < -0.39 is 15.9 Å². The van der Waals surface area contributed by atoms with E-state index in [1.807, 2.05) is 37.4 Å². The number of nitrogens with one attached hydrogen (secondary N) is 3. The van der Waals surface area contributed by atoms with Crippen LogP contribution in [0.1, 0.15) is 72.0 Å². The first-order valence-corrected chi connectivity index (χ1v) is 22.0. The molecule has 0 bridgehead atoms. The smallest absolute Gasteiger partial charge is 0.268 e. The molecule has 298 valence electrons. The van der Waals surface area contributed by atoms with Gasteiger partial charge in [-0.05, 0) is 116 Å². The van der Waals surface area contributed by atoms with E-state index in [0.717, 1.165) is 106 Å². The summed E-state index contributed by atoms with van der Waals surface area (Å²) in [6.45, 7) is 9.27. The van der Waals surface area contributed by atoms with Crippen molar-refractivity contribution in [3.63, 3.8) is 0 Å². The summed E-state index contributed by atoms with van der Waals surface area (Å²) in [5.74, 6) is 1.06. The van der Waals surface area contributed by atoms with Gasteiger partial charge in [0.05, 0.1) is 16.7 Å². The minimum absolute atomic E-state index is 0.0191. The molecule has 9 rings (SSSR count). The average Bonchev–Trinajstić information content (AvgIpc) is 3.68. The molecule has 0 unspecified atom stereocenters. The minimum Gasteiger partial charge on any atom is -0.455 e. The summed E-state index contributed by atoms with van der Waals surface area (Å²) in [5.41, 5.74) is 6.84. The molecule has 4 aliphatic rings. The number of benzene rings is 3. The summed E-state index contributed by atoms with van der Waals surface area (Å²) in [7, 11) is -4.19. The maximum absolute atomic E-state index is 13.9. The highest BCUT2D eigenvalue weighted by Crippen LogP contribution is 2.48. The van der Waals surface area contributed by atoms with Gasteiger partial charge in [-0.2, -0.15) is 0 Å². The maximum atomic E-state index is 13.9. The quantitative estimate of drug-likeness (QED) is 0.123. The Kier molecular flexibility index (Phi) is 10.4. The van der Waals surface area contributed by atoms with Crippen LogP contribution in [0.5, 0.6) is 11.5 Å². The van der Waals surface area contributed by atoms with Gasteiger partial charge in [-0.3, -0.25) is 9.69 Å². The van der Waals surface area contributed by atoms with Gasteiger partial charge in [0.2, 0.25) is 0 Å². The fourth-order valence-corrected chi connectivity index (χ4v) is 10.5. The fourth-order valence-electron chi connectivity index (χ4n) is 9.41. The van der Waals surface area contributed by atoms with Crippen molar-refractivity contribution >= 4 is 38.3 Å². The van der Waals surface area contributed by atoms with Gasteiger partial charge >= 0.3 is 0 Å². The number of carbonyl (C=O) groups excluding carboxylic acids is 1. The van der Waals surface area contributed by atoms with Crippen LogP contribution >= 0.6 is 0 Å². The number of ether oxygens (including phenoxy) is 2. The third-order valence-electron chi connectivity index (χ3n) is 12.8. The lowest BCUT2D eigenvalue weighted by Crippen LogP contribution is -2.51. The SMILES string of the molecule is Cc1cc(S(=O)(=O)NC(=O)c2ccc(N3CCC(CN4Cc5ccccc5C5(CCC5)C4)CC3)cc2Oc2cnc3[nH]ccc3c2)ccc1NCC1CCOCC1. The number of aromatic nitrogens is 2. The molecule has 1 aliphatic carbocycles. The molecule has 3 aliphatic heterocycles. The number of sulfonamides is 1. The van der Waals surface area contributed by atoms with Gasteiger partial charge in [0, 0.05) is 86.9 Å². The molecule has 3 N–H and O–H groups in total. The van der Waals surface area contributed by atoms with Crippen molar-refractivity contribution in [2.45, 2.75) is 68.7 Å². The van der Waals surface area contributed by atoms with E-state index >= 15 is 0 Å². The largest absolute Gasteiger partial charge is 0.455 e. The highest BCUT2D eigenvalue weighted by Gasteiger charge is 2.44. The number of hydrogen-bond acceptors (Lipinski definition) is 9. The van der Waals surface area contributed by atoms with Crippen molar-refractivity contribution in [2.24, 2.45) is 11.8 Å². The minimum atomic E-state index is -4.19. The Morgan fingerprint density at radius 2 is 1.81 bits per heavy atom. The molecule has 2 aromatic heterocycles. The van der Waals surface area contributed by atoms with Crippen LogP contribution in [0, 0.1) is 18.8 Å². The number of aromatic amines is 1. The fraction of sp³-hybridized carbons (Fsp3) is 0.422. The number of fused-ring (bicyclic) bond motifs is 3. The monoisotopic (exact) mass is 788 g/mol. The number of hydrogen-bond donors (Lipinski definition) is 3. The van der Waals surface area contributed by atoms with Crippen LogP contribution in [0.4, 0.5) is 11.4 Å². The van der Waals surface area contributed by atoms with Gasteiger partial charge in [0.15, 0.2) is 0 Å². The Hall–Kier alpha value is -4.91. The molecule has 12 heteroatoms. The number of amides is 1. The second-order valence-electron chi connectivity index (χ2n) is 16.6. The van der Waals surface area contributed by atoms with Gasteiger partial charge in [-0.15, -0.1) is 0 Å². The Morgan fingerprint density at radius 1 is 0.982 bits per heavy atom. The van der Waals surface area contributed by atoms with Crippen molar-refractivity contribution in [2.75, 3.05) is 56.2 Å². The first-order valence-electron chi connectivity index (χ1n) is 20.5.